The number of nitrogens with one attached hydrogen (secondary N) is 1. The monoisotopic (exact) mass is 303 g/mol. The highest BCUT2D eigenvalue weighted by Gasteiger charge is 2.03. The minimum Gasteiger partial charge on any atom is -0.457 e. The molecule has 0 fully saturated rings. The van der Waals surface area contributed by atoms with Crippen molar-refractivity contribution < 1.29 is 9.53 Å². The zero-order chi connectivity index (χ0) is 15.1. The Labute approximate surface area is 129 Å². The maximum atomic E-state index is 11.6. The van der Waals surface area contributed by atoms with Crippen molar-refractivity contribution in [3.8, 4) is 11.5 Å². The number of carbonyl (C=O) groups excluding carboxylic acids is 1. The third kappa shape index (κ3) is 5.12. The van der Waals surface area contributed by atoms with Gasteiger partial charge < -0.3 is 10.1 Å². The molecule has 2 aromatic rings. The predicted molar refractivity (Wildman–Crippen MR) is 86.3 cm³/mol. The topological polar surface area (TPSA) is 38.3 Å². The second-order valence-electron chi connectivity index (χ2n) is 4.78. The average Bonchev–Trinajstić information content (AvgIpc) is 2.47. The molecule has 4 heteroatoms. The van der Waals surface area contributed by atoms with E-state index >= 15 is 0 Å². The van der Waals surface area contributed by atoms with Crippen LogP contribution in [0.3, 0.4) is 0 Å². The Balaban J connectivity index is 1.94. The number of ether oxygens (including phenoxy) is 1. The van der Waals surface area contributed by atoms with Crippen LogP contribution >= 0.6 is 11.6 Å². The number of benzene rings is 2. The molecule has 2 aromatic carbocycles. The Kier molecular flexibility index (Phi) is 5.64. The molecule has 0 atom stereocenters. The quantitative estimate of drug-likeness (QED) is 0.782. The van der Waals surface area contributed by atoms with Gasteiger partial charge in [-0.15, -0.1) is 11.6 Å². The third-order valence-electron chi connectivity index (χ3n) is 2.90. The molecule has 0 spiro atoms. The van der Waals surface area contributed by atoms with E-state index in [9.17, 15) is 4.79 Å². The van der Waals surface area contributed by atoms with Gasteiger partial charge in [0.05, 0.1) is 0 Å². The lowest BCUT2D eigenvalue weighted by Crippen LogP contribution is -2.11. The molecule has 0 aliphatic heterocycles. The zero-order valence-electron chi connectivity index (χ0n) is 11.9. The van der Waals surface area contributed by atoms with Crippen molar-refractivity contribution in [1.29, 1.82) is 0 Å². The van der Waals surface area contributed by atoms with Gasteiger partial charge in [0.15, 0.2) is 0 Å². The molecular formula is C17H18ClNO2. The fourth-order valence-electron chi connectivity index (χ4n) is 1.87. The van der Waals surface area contributed by atoms with Crippen LogP contribution < -0.4 is 10.1 Å². The van der Waals surface area contributed by atoms with Crippen molar-refractivity contribution in [2.75, 3.05) is 11.2 Å². The SMILES string of the molecule is Cc1cccc(Oc2ccc(NC(=O)CCCCl)cc2)c1. The summed E-state index contributed by atoms with van der Waals surface area (Å²) in [5.74, 6) is 2.01. The van der Waals surface area contributed by atoms with E-state index in [2.05, 4.69) is 5.32 Å². The van der Waals surface area contributed by atoms with E-state index < -0.39 is 0 Å². The molecule has 0 unspecified atom stereocenters. The molecule has 1 amide bonds. The summed E-state index contributed by atoms with van der Waals surface area (Å²) in [5.41, 5.74) is 1.90. The summed E-state index contributed by atoms with van der Waals surface area (Å²) in [6.45, 7) is 2.02. The number of amides is 1. The van der Waals surface area contributed by atoms with Crippen molar-refractivity contribution in [1.82, 2.24) is 0 Å². The molecule has 0 aliphatic carbocycles. The van der Waals surface area contributed by atoms with Crippen molar-refractivity contribution in [3.63, 3.8) is 0 Å². The van der Waals surface area contributed by atoms with E-state index in [0.29, 0.717) is 18.7 Å². The lowest BCUT2D eigenvalue weighted by atomic mass is 10.2. The minimum atomic E-state index is -0.0250. The standard InChI is InChI=1S/C17H18ClNO2/c1-13-4-2-5-16(12-13)21-15-9-7-14(8-10-15)19-17(20)6-3-11-18/h2,4-5,7-10,12H,3,6,11H2,1H3,(H,19,20). The Hall–Kier alpha value is -2.00. The Morgan fingerprint density at radius 3 is 2.57 bits per heavy atom. The van der Waals surface area contributed by atoms with Gasteiger partial charge in [-0.3, -0.25) is 4.79 Å². The van der Waals surface area contributed by atoms with Crippen molar-refractivity contribution in [2.24, 2.45) is 0 Å². The minimum absolute atomic E-state index is 0.0250. The summed E-state index contributed by atoms with van der Waals surface area (Å²) in [7, 11) is 0. The Morgan fingerprint density at radius 2 is 1.90 bits per heavy atom. The van der Waals surface area contributed by atoms with Crippen molar-refractivity contribution in [2.45, 2.75) is 19.8 Å². The molecule has 0 bridgehead atoms. The second-order valence-corrected chi connectivity index (χ2v) is 5.16. The molecule has 1 N–H and O–H groups in total. The first kappa shape index (κ1) is 15.4. The van der Waals surface area contributed by atoms with Crippen molar-refractivity contribution in [3.05, 3.63) is 54.1 Å². The number of halogens is 1. The number of carbonyl (C=O) groups is 1. The smallest absolute Gasteiger partial charge is 0.224 e. The second kappa shape index (κ2) is 7.70. The number of hydrogen-bond donors (Lipinski definition) is 1. The van der Waals surface area contributed by atoms with Crippen LogP contribution in [0.15, 0.2) is 48.5 Å². The molecule has 0 heterocycles. The van der Waals surface area contributed by atoms with Crippen LogP contribution in [0, 0.1) is 6.92 Å². The van der Waals surface area contributed by atoms with E-state index in [4.69, 9.17) is 16.3 Å². The van der Waals surface area contributed by atoms with E-state index in [1.54, 1.807) is 0 Å². The molecule has 0 saturated heterocycles. The van der Waals surface area contributed by atoms with Gasteiger partial charge in [-0.25, -0.2) is 0 Å². The Bertz CT molecular complexity index is 596. The van der Waals surface area contributed by atoms with Gasteiger partial charge in [-0.05, 0) is 55.3 Å². The lowest BCUT2D eigenvalue weighted by molar-refractivity contribution is -0.116. The number of anilines is 1. The first-order chi connectivity index (χ1) is 10.2. The summed E-state index contributed by atoms with van der Waals surface area (Å²) < 4.78 is 5.75. The number of alkyl halides is 1. The normalized spacial score (nSPS) is 10.2. The molecule has 0 aromatic heterocycles. The molecule has 0 radical (unpaired) electrons. The van der Waals surface area contributed by atoms with Crippen LogP contribution in [0.2, 0.25) is 0 Å². The van der Waals surface area contributed by atoms with Crippen LogP contribution in [0.5, 0.6) is 11.5 Å². The molecule has 110 valence electrons. The first-order valence-electron chi connectivity index (χ1n) is 6.88. The van der Waals surface area contributed by atoms with Gasteiger partial charge in [-0.1, -0.05) is 12.1 Å². The molecule has 3 nitrogen and oxygen atoms in total. The number of rotatable bonds is 6. The summed E-state index contributed by atoms with van der Waals surface area (Å²) in [4.78, 5) is 11.6. The highest BCUT2D eigenvalue weighted by molar-refractivity contribution is 6.18. The molecular weight excluding hydrogens is 286 g/mol. The van der Waals surface area contributed by atoms with E-state index in [-0.39, 0.29) is 5.91 Å². The number of aryl methyl sites for hydroxylation is 1. The van der Waals surface area contributed by atoms with Gasteiger partial charge in [0.25, 0.3) is 0 Å². The summed E-state index contributed by atoms with van der Waals surface area (Å²) in [5, 5.41) is 2.82. The average molecular weight is 304 g/mol. The van der Waals surface area contributed by atoms with Gasteiger partial charge in [0.2, 0.25) is 5.91 Å². The highest BCUT2D eigenvalue weighted by atomic mass is 35.5. The van der Waals surface area contributed by atoms with Gasteiger partial charge in [-0.2, -0.15) is 0 Å². The molecule has 2 rings (SSSR count). The van der Waals surface area contributed by atoms with Crippen LogP contribution in [-0.4, -0.2) is 11.8 Å². The number of hydrogen-bond acceptors (Lipinski definition) is 2. The molecule has 0 saturated carbocycles. The summed E-state index contributed by atoms with van der Waals surface area (Å²) in [6.07, 6.45) is 1.12. The predicted octanol–water partition coefficient (Wildman–Crippen LogP) is 4.74. The fourth-order valence-corrected chi connectivity index (χ4v) is 2.01. The third-order valence-corrected chi connectivity index (χ3v) is 3.17. The maximum Gasteiger partial charge on any atom is 0.224 e. The first-order valence-corrected chi connectivity index (χ1v) is 7.41. The van der Waals surface area contributed by atoms with E-state index in [1.165, 1.54) is 0 Å². The Morgan fingerprint density at radius 1 is 1.14 bits per heavy atom. The van der Waals surface area contributed by atoms with Crippen LogP contribution in [0.25, 0.3) is 0 Å². The van der Waals surface area contributed by atoms with Crippen LogP contribution in [0.4, 0.5) is 5.69 Å². The van der Waals surface area contributed by atoms with Gasteiger partial charge in [0, 0.05) is 18.0 Å². The summed E-state index contributed by atoms with van der Waals surface area (Å²) >= 11 is 5.56. The molecule has 0 aliphatic rings. The zero-order valence-corrected chi connectivity index (χ0v) is 12.7. The van der Waals surface area contributed by atoms with Gasteiger partial charge in [0.1, 0.15) is 11.5 Å². The van der Waals surface area contributed by atoms with E-state index in [0.717, 1.165) is 22.7 Å². The molecule has 21 heavy (non-hydrogen) atoms. The highest BCUT2D eigenvalue weighted by Crippen LogP contribution is 2.23. The lowest BCUT2D eigenvalue weighted by Gasteiger charge is -2.08. The van der Waals surface area contributed by atoms with Crippen molar-refractivity contribution >= 4 is 23.2 Å². The fraction of sp³-hybridized carbons (Fsp3) is 0.235. The van der Waals surface area contributed by atoms with Gasteiger partial charge >= 0.3 is 0 Å². The van der Waals surface area contributed by atoms with E-state index in [1.807, 2.05) is 55.5 Å². The maximum absolute atomic E-state index is 11.6. The summed E-state index contributed by atoms with van der Waals surface area (Å²) in [6, 6.07) is 15.2. The largest absolute Gasteiger partial charge is 0.457 e. The van der Waals surface area contributed by atoms with Crippen LogP contribution in [0.1, 0.15) is 18.4 Å². The van der Waals surface area contributed by atoms with Crippen LogP contribution in [-0.2, 0) is 4.79 Å².